The average Bonchev–Trinajstić information content (AvgIpc) is 3.27. The molecule has 1 aliphatic rings. The molecule has 7 N–H and O–H groups in total. The third-order valence-electron chi connectivity index (χ3n) is 9.69. The van der Waals surface area contributed by atoms with E-state index in [0.29, 0.717) is 38.5 Å². The molecule has 1 aliphatic carbocycles. The number of carbonyl (C=O) groups excluding carboxylic acids is 2. The van der Waals surface area contributed by atoms with Crippen LogP contribution < -0.4 is 0 Å². The molecule has 0 spiro atoms. The van der Waals surface area contributed by atoms with Crippen molar-refractivity contribution >= 4 is 19.8 Å². The van der Waals surface area contributed by atoms with Crippen LogP contribution in [-0.4, -0.2) is 110 Å². The minimum atomic E-state index is -5.16. The van der Waals surface area contributed by atoms with E-state index in [-0.39, 0.29) is 12.8 Å². The Labute approximate surface area is 381 Å². The summed E-state index contributed by atoms with van der Waals surface area (Å²) in [5, 5.41) is 60.1. The van der Waals surface area contributed by atoms with E-state index in [1.165, 1.54) is 19.3 Å². The molecule has 4 unspecified atom stereocenters. The maximum Gasteiger partial charge on any atom is 0.472 e. The summed E-state index contributed by atoms with van der Waals surface area (Å²) in [5.74, 6) is -1.29. The SMILES string of the molecule is CC/C=C\C/C=C\CC(O)/C=C/C=C\C/C=C\C/C=C\CCC(=O)OC[C@H](COP(=O)(O)OC1[C@H](O)[C@H](O)C(O)[C@H](O)[C@H]1O)OC(=O)CCCC/C=C\C/C=C\C/C=C\CCCCC. The van der Waals surface area contributed by atoms with Crippen molar-refractivity contribution in [1.29, 1.82) is 0 Å². The minimum absolute atomic E-state index is 0.00338. The van der Waals surface area contributed by atoms with E-state index >= 15 is 0 Å². The number of aliphatic hydroxyl groups is 6. The van der Waals surface area contributed by atoms with Crippen molar-refractivity contribution in [2.24, 2.45) is 0 Å². The van der Waals surface area contributed by atoms with Gasteiger partial charge in [-0.25, -0.2) is 4.57 Å². The molecule has 0 saturated heterocycles. The van der Waals surface area contributed by atoms with Crippen LogP contribution in [0.2, 0.25) is 0 Å². The molecule has 1 saturated carbocycles. The molecule has 15 heteroatoms. The fraction of sp³-hybridized carbons (Fsp3) is 0.592. The van der Waals surface area contributed by atoms with Crippen molar-refractivity contribution < 1.29 is 68.2 Å². The van der Waals surface area contributed by atoms with Gasteiger partial charge in [-0.05, 0) is 83.5 Å². The largest absolute Gasteiger partial charge is 0.472 e. The minimum Gasteiger partial charge on any atom is -0.462 e. The molecule has 0 bridgehead atoms. The van der Waals surface area contributed by atoms with E-state index < -0.39 is 81.8 Å². The van der Waals surface area contributed by atoms with Gasteiger partial charge < -0.3 is 45.0 Å². The fourth-order valence-corrected chi connectivity index (χ4v) is 6.96. The molecule has 64 heavy (non-hydrogen) atoms. The number of carbonyl (C=O) groups is 2. The van der Waals surface area contributed by atoms with Gasteiger partial charge in [0.1, 0.15) is 43.2 Å². The molecule has 362 valence electrons. The Balaban J connectivity index is 2.58. The molecule has 0 aliphatic heterocycles. The molecule has 0 amide bonds. The van der Waals surface area contributed by atoms with Crippen LogP contribution in [0.25, 0.3) is 0 Å². The summed E-state index contributed by atoms with van der Waals surface area (Å²) < 4.78 is 33.3. The lowest BCUT2D eigenvalue weighted by Crippen LogP contribution is -2.64. The summed E-state index contributed by atoms with van der Waals surface area (Å²) in [6, 6.07) is 0. The van der Waals surface area contributed by atoms with Gasteiger partial charge in [0.25, 0.3) is 0 Å². The standard InChI is InChI=1S/C49H77O14P/c1-3-5-7-9-11-12-13-14-15-16-17-22-25-29-33-37-43(52)62-41(39-61-64(58,59)63-49-47(56)45(54)44(53)46(55)48(49)57)38-60-42(51)36-32-28-24-21-19-18-20-23-27-31-35-40(50)34-30-26-10-8-6-4-2/h6,8,11-12,14-15,17-19,22-24,26-28,30-31,35,40-41,44-50,53-57H,3-5,7,9-10,13,16,20-21,25,29,32-34,36-39H2,1-2H3,(H,58,59)/b8-6-,12-11-,15-14-,19-18-,22-17-,27-23-,28-24-,30-26-,35-31+/t40?,41-,44?,45-,46+,47-,48-,49?/m1/s1. The van der Waals surface area contributed by atoms with E-state index in [2.05, 4.69) is 56.4 Å². The second-order valence-electron chi connectivity index (χ2n) is 15.4. The van der Waals surface area contributed by atoms with Gasteiger partial charge in [0.15, 0.2) is 6.10 Å². The Morgan fingerprint density at radius 3 is 1.69 bits per heavy atom. The number of phosphoric ester groups is 1. The number of ether oxygens (including phenoxy) is 2. The third kappa shape index (κ3) is 29.8. The first-order valence-electron chi connectivity index (χ1n) is 22.8. The number of esters is 2. The zero-order chi connectivity index (χ0) is 47.3. The zero-order valence-corrected chi connectivity index (χ0v) is 38.8. The van der Waals surface area contributed by atoms with Crippen LogP contribution in [0.15, 0.2) is 109 Å². The van der Waals surface area contributed by atoms with Gasteiger partial charge in [-0.1, -0.05) is 136 Å². The van der Waals surface area contributed by atoms with Gasteiger partial charge in [-0.15, -0.1) is 0 Å². The van der Waals surface area contributed by atoms with Gasteiger partial charge in [-0.3, -0.25) is 18.6 Å². The van der Waals surface area contributed by atoms with Crippen LogP contribution in [0.4, 0.5) is 0 Å². The molecule has 9 atom stereocenters. The molecule has 0 aromatic heterocycles. The topological polar surface area (TPSA) is 230 Å². The Bertz CT molecular complexity index is 1550. The average molecular weight is 921 g/mol. The van der Waals surface area contributed by atoms with Gasteiger partial charge in [-0.2, -0.15) is 0 Å². The second-order valence-corrected chi connectivity index (χ2v) is 16.8. The van der Waals surface area contributed by atoms with Crippen LogP contribution in [0.5, 0.6) is 0 Å². The molecule has 0 aromatic rings. The maximum atomic E-state index is 12.8. The van der Waals surface area contributed by atoms with Crippen molar-refractivity contribution in [1.82, 2.24) is 0 Å². The summed E-state index contributed by atoms with van der Waals surface area (Å²) in [4.78, 5) is 35.6. The smallest absolute Gasteiger partial charge is 0.462 e. The summed E-state index contributed by atoms with van der Waals surface area (Å²) >= 11 is 0. The van der Waals surface area contributed by atoms with E-state index in [1.54, 1.807) is 6.08 Å². The summed E-state index contributed by atoms with van der Waals surface area (Å²) in [5.41, 5.74) is 0. The van der Waals surface area contributed by atoms with Crippen LogP contribution >= 0.6 is 7.82 Å². The van der Waals surface area contributed by atoms with E-state index in [1.807, 2.05) is 60.8 Å². The second kappa shape index (κ2) is 37.7. The Morgan fingerprint density at radius 2 is 1.09 bits per heavy atom. The lowest BCUT2D eigenvalue weighted by Gasteiger charge is -2.41. The molecule has 1 rings (SSSR count). The van der Waals surface area contributed by atoms with Gasteiger partial charge >= 0.3 is 19.8 Å². The zero-order valence-electron chi connectivity index (χ0n) is 37.9. The third-order valence-corrected chi connectivity index (χ3v) is 10.7. The molecular weight excluding hydrogens is 843 g/mol. The molecule has 14 nitrogen and oxygen atoms in total. The summed E-state index contributed by atoms with van der Waals surface area (Å²) in [6.07, 6.45) is 34.7. The lowest BCUT2D eigenvalue weighted by atomic mass is 9.85. The molecule has 0 heterocycles. The highest BCUT2D eigenvalue weighted by molar-refractivity contribution is 7.47. The van der Waals surface area contributed by atoms with Crippen LogP contribution in [0, 0.1) is 0 Å². The number of phosphoric acid groups is 1. The number of rotatable bonds is 35. The van der Waals surface area contributed by atoms with Crippen molar-refractivity contribution in [3.63, 3.8) is 0 Å². The van der Waals surface area contributed by atoms with Crippen LogP contribution in [0.3, 0.4) is 0 Å². The fourth-order valence-electron chi connectivity index (χ4n) is 5.99. The van der Waals surface area contributed by atoms with Crippen molar-refractivity contribution in [2.75, 3.05) is 13.2 Å². The van der Waals surface area contributed by atoms with E-state index in [0.717, 1.165) is 38.5 Å². The molecule has 1 fully saturated rings. The van der Waals surface area contributed by atoms with Crippen molar-refractivity contribution in [3.05, 3.63) is 109 Å². The van der Waals surface area contributed by atoms with Gasteiger partial charge in [0.2, 0.25) is 0 Å². The first-order chi connectivity index (χ1) is 30.8. The first-order valence-corrected chi connectivity index (χ1v) is 24.3. The first kappa shape index (κ1) is 58.5. The van der Waals surface area contributed by atoms with Gasteiger partial charge in [0, 0.05) is 12.8 Å². The lowest BCUT2D eigenvalue weighted by molar-refractivity contribution is -0.220. The van der Waals surface area contributed by atoms with Gasteiger partial charge in [0.05, 0.1) is 12.7 Å². The van der Waals surface area contributed by atoms with E-state index in [9.17, 15) is 49.7 Å². The Hall–Kier alpha value is -3.53. The Morgan fingerprint density at radius 1 is 0.578 bits per heavy atom. The highest BCUT2D eigenvalue weighted by atomic mass is 31.2. The van der Waals surface area contributed by atoms with E-state index in [4.69, 9.17) is 18.5 Å². The normalized spacial score (nSPS) is 23.1. The number of allylic oxidation sites excluding steroid dienone is 16. The Kier molecular flexibility index (Phi) is 34.4. The predicted molar refractivity (Wildman–Crippen MR) is 250 cm³/mol. The summed E-state index contributed by atoms with van der Waals surface area (Å²) in [6.45, 7) is 2.97. The maximum absolute atomic E-state index is 12.8. The number of unbranched alkanes of at least 4 members (excludes halogenated alkanes) is 5. The van der Waals surface area contributed by atoms with Crippen molar-refractivity contribution in [2.45, 2.75) is 172 Å². The number of hydrogen-bond acceptors (Lipinski definition) is 13. The van der Waals surface area contributed by atoms with Crippen LogP contribution in [0.1, 0.15) is 123 Å². The molecule has 0 aromatic carbocycles. The van der Waals surface area contributed by atoms with Crippen LogP contribution in [-0.2, 0) is 32.7 Å². The number of aliphatic hydroxyl groups excluding tert-OH is 6. The highest BCUT2D eigenvalue weighted by Gasteiger charge is 2.51. The molecular formula is C49H77O14P. The summed E-state index contributed by atoms with van der Waals surface area (Å²) in [7, 11) is -5.16. The van der Waals surface area contributed by atoms with Crippen molar-refractivity contribution in [3.8, 4) is 0 Å². The molecule has 0 radical (unpaired) electrons. The quantitative estimate of drug-likeness (QED) is 0.0106. The number of hydrogen-bond donors (Lipinski definition) is 7. The monoisotopic (exact) mass is 921 g/mol. The highest BCUT2D eigenvalue weighted by Crippen LogP contribution is 2.47. The predicted octanol–water partition coefficient (Wildman–Crippen LogP) is 7.80.